The van der Waals surface area contributed by atoms with Gasteiger partial charge in [0.1, 0.15) is 11.8 Å². The number of aromatic nitrogens is 2. The number of nitriles is 1. The van der Waals surface area contributed by atoms with Crippen LogP contribution < -0.4 is 0 Å². The van der Waals surface area contributed by atoms with Crippen molar-refractivity contribution in [1.29, 1.82) is 5.26 Å². The first-order chi connectivity index (χ1) is 7.22. The van der Waals surface area contributed by atoms with Crippen molar-refractivity contribution >= 4 is 11.6 Å². The summed E-state index contributed by atoms with van der Waals surface area (Å²) in [5, 5.41) is 8.99. The summed E-state index contributed by atoms with van der Waals surface area (Å²) >= 11 is 5.58. The predicted molar refractivity (Wildman–Crippen MR) is 53.2 cm³/mol. The Labute approximate surface area is 90.4 Å². The number of nitrogens with zero attached hydrogens (tertiary/aromatic N) is 3. The van der Waals surface area contributed by atoms with Crippen molar-refractivity contribution < 1.29 is 4.39 Å². The van der Waals surface area contributed by atoms with Crippen LogP contribution in [-0.4, -0.2) is 9.55 Å². The molecule has 0 atom stereocenters. The molecule has 0 spiro atoms. The van der Waals surface area contributed by atoms with E-state index < -0.39 is 5.82 Å². The van der Waals surface area contributed by atoms with Gasteiger partial charge in [0.2, 0.25) is 0 Å². The molecule has 0 aliphatic carbocycles. The van der Waals surface area contributed by atoms with Crippen LogP contribution in [0.4, 0.5) is 4.39 Å². The van der Waals surface area contributed by atoms with Crippen molar-refractivity contribution in [3.8, 4) is 11.9 Å². The van der Waals surface area contributed by atoms with Gasteiger partial charge in [0, 0.05) is 12.4 Å². The van der Waals surface area contributed by atoms with Crippen LogP contribution in [-0.2, 0) is 0 Å². The SMILES string of the molecule is N#Cc1cccn1-c1ncc(Cl)cc1F. The molecule has 74 valence electrons. The molecule has 2 rings (SSSR count). The molecule has 0 fully saturated rings. The summed E-state index contributed by atoms with van der Waals surface area (Å²) in [4.78, 5) is 3.83. The van der Waals surface area contributed by atoms with Gasteiger partial charge in [0.25, 0.3) is 0 Å². The lowest BCUT2D eigenvalue weighted by Gasteiger charge is -2.04. The minimum Gasteiger partial charge on any atom is -0.290 e. The summed E-state index contributed by atoms with van der Waals surface area (Å²) in [5.41, 5.74) is 0.323. The predicted octanol–water partition coefficient (Wildman–Crippen LogP) is 2.54. The van der Waals surface area contributed by atoms with Gasteiger partial charge in [-0.15, -0.1) is 0 Å². The molecule has 3 nitrogen and oxygen atoms in total. The van der Waals surface area contributed by atoms with Crippen molar-refractivity contribution in [1.82, 2.24) is 9.55 Å². The molecule has 0 aliphatic rings. The highest BCUT2D eigenvalue weighted by Gasteiger charge is 2.09. The van der Waals surface area contributed by atoms with E-state index in [4.69, 9.17) is 16.9 Å². The largest absolute Gasteiger partial charge is 0.290 e. The number of halogens is 2. The number of hydrogen-bond acceptors (Lipinski definition) is 2. The fraction of sp³-hybridized carbons (Fsp3) is 0. The molecule has 5 heteroatoms. The van der Waals surface area contributed by atoms with Gasteiger partial charge in [-0.3, -0.25) is 4.57 Å². The highest BCUT2D eigenvalue weighted by atomic mass is 35.5. The second-order valence-electron chi connectivity index (χ2n) is 2.83. The Morgan fingerprint density at radius 1 is 1.53 bits per heavy atom. The van der Waals surface area contributed by atoms with Crippen molar-refractivity contribution in [3.05, 3.63) is 47.1 Å². The molecule has 15 heavy (non-hydrogen) atoms. The average molecular weight is 222 g/mol. The molecular formula is C10H5ClFN3. The van der Waals surface area contributed by atoms with Crippen LogP contribution in [0.2, 0.25) is 5.02 Å². The van der Waals surface area contributed by atoms with Crippen LogP contribution in [0.25, 0.3) is 5.82 Å². The van der Waals surface area contributed by atoms with Gasteiger partial charge < -0.3 is 0 Å². The molecule has 0 saturated heterocycles. The van der Waals surface area contributed by atoms with Gasteiger partial charge in [-0.1, -0.05) is 11.6 Å². The standard InChI is InChI=1S/C10H5ClFN3/c11-7-4-9(12)10(14-6-7)15-3-1-2-8(15)5-13/h1-4,6H. The lowest BCUT2D eigenvalue weighted by atomic mass is 10.4. The Hall–Kier alpha value is -1.86. The van der Waals surface area contributed by atoms with Crippen molar-refractivity contribution in [2.24, 2.45) is 0 Å². The smallest absolute Gasteiger partial charge is 0.174 e. The third-order valence-corrected chi connectivity index (χ3v) is 2.09. The van der Waals surface area contributed by atoms with E-state index in [0.717, 1.165) is 6.07 Å². The summed E-state index contributed by atoms with van der Waals surface area (Å²) in [6, 6.07) is 6.32. The first kappa shape index (κ1) is 9.69. The quantitative estimate of drug-likeness (QED) is 0.743. The topological polar surface area (TPSA) is 41.6 Å². The summed E-state index contributed by atoms with van der Waals surface area (Å²) < 4.78 is 14.8. The monoisotopic (exact) mass is 221 g/mol. The minimum atomic E-state index is -0.560. The molecule has 2 heterocycles. The van der Waals surface area contributed by atoms with Crippen LogP contribution in [0.5, 0.6) is 0 Å². The summed E-state index contributed by atoms with van der Waals surface area (Å²) in [5.74, 6) is -0.490. The van der Waals surface area contributed by atoms with Gasteiger partial charge in [-0.2, -0.15) is 5.26 Å². The van der Waals surface area contributed by atoms with E-state index in [-0.39, 0.29) is 10.8 Å². The maximum Gasteiger partial charge on any atom is 0.174 e. The van der Waals surface area contributed by atoms with Gasteiger partial charge in [0.15, 0.2) is 11.6 Å². The van der Waals surface area contributed by atoms with Crippen LogP contribution in [0.1, 0.15) is 5.69 Å². The van der Waals surface area contributed by atoms with E-state index >= 15 is 0 Å². The number of pyridine rings is 1. The zero-order chi connectivity index (χ0) is 10.8. The number of hydrogen-bond donors (Lipinski definition) is 0. The van der Waals surface area contributed by atoms with E-state index in [0.29, 0.717) is 5.69 Å². The lowest BCUT2D eigenvalue weighted by molar-refractivity contribution is 0.609. The second-order valence-corrected chi connectivity index (χ2v) is 3.27. The molecule has 0 amide bonds. The number of rotatable bonds is 1. The van der Waals surface area contributed by atoms with Crippen LogP contribution >= 0.6 is 11.6 Å². The highest BCUT2D eigenvalue weighted by Crippen LogP contribution is 2.17. The van der Waals surface area contributed by atoms with E-state index in [1.165, 1.54) is 10.8 Å². The summed E-state index contributed by atoms with van der Waals surface area (Å²) in [7, 11) is 0. The fourth-order valence-electron chi connectivity index (χ4n) is 1.24. The van der Waals surface area contributed by atoms with Gasteiger partial charge in [-0.05, 0) is 18.2 Å². The van der Waals surface area contributed by atoms with Crippen molar-refractivity contribution in [3.63, 3.8) is 0 Å². The Bertz CT molecular complexity index is 542. The van der Waals surface area contributed by atoms with E-state index in [1.54, 1.807) is 18.3 Å². The van der Waals surface area contributed by atoms with E-state index in [9.17, 15) is 4.39 Å². The van der Waals surface area contributed by atoms with Crippen LogP contribution in [0, 0.1) is 17.1 Å². The summed E-state index contributed by atoms with van der Waals surface area (Å²) in [6.45, 7) is 0. The molecule has 2 aromatic rings. The Morgan fingerprint density at radius 3 is 3.00 bits per heavy atom. The van der Waals surface area contributed by atoms with E-state index in [1.807, 2.05) is 6.07 Å². The third-order valence-electron chi connectivity index (χ3n) is 1.88. The van der Waals surface area contributed by atoms with Crippen LogP contribution in [0.3, 0.4) is 0 Å². The molecule has 0 N–H and O–H groups in total. The van der Waals surface area contributed by atoms with Crippen molar-refractivity contribution in [2.75, 3.05) is 0 Å². The first-order valence-corrected chi connectivity index (χ1v) is 4.49. The van der Waals surface area contributed by atoms with Crippen molar-refractivity contribution in [2.45, 2.75) is 0 Å². The maximum atomic E-state index is 13.5. The Morgan fingerprint density at radius 2 is 2.33 bits per heavy atom. The fourth-order valence-corrected chi connectivity index (χ4v) is 1.39. The maximum absolute atomic E-state index is 13.5. The molecule has 0 aromatic carbocycles. The first-order valence-electron chi connectivity index (χ1n) is 4.11. The summed E-state index contributed by atoms with van der Waals surface area (Å²) in [6.07, 6.45) is 2.90. The minimum absolute atomic E-state index is 0.0703. The molecule has 0 radical (unpaired) electrons. The average Bonchev–Trinajstić information content (AvgIpc) is 2.65. The third kappa shape index (κ3) is 1.69. The van der Waals surface area contributed by atoms with Crippen LogP contribution in [0.15, 0.2) is 30.6 Å². The molecule has 0 saturated carbocycles. The lowest BCUT2D eigenvalue weighted by Crippen LogP contribution is -2.01. The molecule has 0 bridgehead atoms. The zero-order valence-electron chi connectivity index (χ0n) is 7.48. The molecular weight excluding hydrogens is 217 g/mol. The van der Waals surface area contributed by atoms with Gasteiger partial charge in [0.05, 0.1) is 5.02 Å². The Balaban J connectivity index is 2.60. The molecule has 0 aliphatic heterocycles. The molecule has 0 unspecified atom stereocenters. The highest BCUT2D eigenvalue weighted by molar-refractivity contribution is 6.30. The Kier molecular flexibility index (Phi) is 2.40. The zero-order valence-corrected chi connectivity index (χ0v) is 8.24. The van der Waals surface area contributed by atoms with E-state index in [2.05, 4.69) is 4.98 Å². The van der Waals surface area contributed by atoms with Gasteiger partial charge >= 0.3 is 0 Å². The van der Waals surface area contributed by atoms with Gasteiger partial charge in [-0.25, -0.2) is 9.37 Å². The molecule has 2 aromatic heterocycles. The normalized spacial score (nSPS) is 9.93. The second kappa shape index (κ2) is 3.71.